The number of rotatable bonds is 9. The first-order valence-corrected chi connectivity index (χ1v) is 13.2. The summed E-state index contributed by atoms with van der Waals surface area (Å²) in [4.78, 5) is 26.9. The van der Waals surface area contributed by atoms with Gasteiger partial charge >= 0.3 is 5.69 Å². The van der Waals surface area contributed by atoms with Crippen molar-refractivity contribution in [2.45, 2.75) is 56.6 Å². The van der Waals surface area contributed by atoms with E-state index in [9.17, 15) is 22.4 Å². The highest BCUT2D eigenvalue weighted by Crippen LogP contribution is 2.37. The second kappa shape index (κ2) is 9.58. The third-order valence-corrected chi connectivity index (χ3v) is 7.98. The van der Waals surface area contributed by atoms with Crippen molar-refractivity contribution in [3.63, 3.8) is 0 Å². The van der Waals surface area contributed by atoms with Gasteiger partial charge < -0.3 is 5.32 Å². The highest BCUT2D eigenvalue weighted by Gasteiger charge is 2.46. The fourth-order valence-corrected chi connectivity index (χ4v) is 5.72. The maximum atomic E-state index is 13.6. The van der Waals surface area contributed by atoms with E-state index < -0.39 is 33.5 Å². The third-order valence-electron chi connectivity index (χ3n) is 6.40. The van der Waals surface area contributed by atoms with E-state index in [1.165, 1.54) is 22.8 Å². The second-order valence-electron chi connectivity index (χ2n) is 9.62. The van der Waals surface area contributed by atoms with Crippen molar-refractivity contribution in [1.82, 2.24) is 19.2 Å². The van der Waals surface area contributed by atoms with Gasteiger partial charge in [0, 0.05) is 25.7 Å². The molecule has 0 spiro atoms. The van der Waals surface area contributed by atoms with Crippen molar-refractivity contribution in [3.8, 4) is 0 Å². The lowest BCUT2D eigenvalue weighted by molar-refractivity contribution is 0.393. The summed E-state index contributed by atoms with van der Waals surface area (Å²) in [5.74, 6) is 0.111. The number of nitrogens with zero attached hydrogens (tertiary/aromatic N) is 2. The van der Waals surface area contributed by atoms with E-state index in [2.05, 4.69) is 10.0 Å². The number of allylic oxidation sites excluding steroid dienone is 5. The van der Waals surface area contributed by atoms with Crippen LogP contribution in [0.3, 0.4) is 0 Å². The summed E-state index contributed by atoms with van der Waals surface area (Å²) in [6, 6.07) is 4.14. The Labute approximate surface area is 203 Å². The molecule has 1 aromatic heterocycles. The fraction of sp³-hybridized carbons (Fsp3) is 0.440. The summed E-state index contributed by atoms with van der Waals surface area (Å²) in [7, 11) is -2.26. The zero-order valence-electron chi connectivity index (χ0n) is 20.2. The summed E-state index contributed by atoms with van der Waals surface area (Å²) < 4.78 is 44.4. The Balaban J connectivity index is 1.89. The van der Waals surface area contributed by atoms with Crippen LogP contribution >= 0.6 is 0 Å². The van der Waals surface area contributed by atoms with Crippen LogP contribution in [-0.2, 0) is 23.1 Å². The summed E-state index contributed by atoms with van der Waals surface area (Å²) in [5, 5.41) is 3.26. The largest absolute Gasteiger partial charge is 0.391 e. The van der Waals surface area contributed by atoms with Crippen molar-refractivity contribution in [1.29, 1.82) is 0 Å². The molecule has 1 heterocycles. The maximum Gasteiger partial charge on any atom is 0.331 e. The van der Waals surface area contributed by atoms with Gasteiger partial charge in [-0.2, -0.15) is 0 Å². The minimum absolute atomic E-state index is 0.0419. The zero-order chi connectivity index (χ0) is 25.4. The van der Waals surface area contributed by atoms with Gasteiger partial charge in [0.25, 0.3) is 5.56 Å². The van der Waals surface area contributed by atoms with Crippen LogP contribution < -0.4 is 21.3 Å². The van der Waals surface area contributed by atoms with Gasteiger partial charge in [-0.3, -0.25) is 13.9 Å². The molecule has 1 saturated carbocycles. The van der Waals surface area contributed by atoms with E-state index in [1.54, 1.807) is 7.05 Å². The number of alkyl halides is 1. The van der Waals surface area contributed by atoms with Gasteiger partial charge in [-0.25, -0.2) is 22.3 Å². The topological polar surface area (TPSA) is 102 Å². The summed E-state index contributed by atoms with van der Waals surface area (Å²) in [6.07, 6.45) is 9.08. The monoisotopic (exact) mass is 502 g/mol. The molecule has 4 rings (SSSR count). The zero-order valence-corrected chi connectivity index (χ0v) is 21.0. The molecule has 0 saturated heterocycles. The van der Waals surface area contributed by atoms with E-state index in [1.807, 2.05) is 38.2 Å². The Bertz CT molecular complexity index is 1460. The smallest absolute Gasteiger partial charge is 0.331 e. The molecule has 8 nitrogen and oxygen atoms in total. The molecule has 1 fully saturated rings. The number of benzene rings is 1. The Morgan fingerprint density at radius 2 is 1.89 bits per heavy atom. The average Bonchev–Trinajstić information content (AvgIpc) is 3.62. The van der Waals surface area contributed by atoms with Crippen LogP contribution in [0.15, 0.2) is 68.3 Å². The molecule has 0 aliphatic heterocycles. The quantitative estimate of drug-likeness (QED) is 0.549. The Morgan fingerprint density at radius 1 is 1.14 bits per heavy atom. The van der Waals surface area contributed by atoms with Crippen LogP contribution in [0.4, 0.5) is 4.39 Å². The molecule has 2 aromatic rings. The van der Waals surface area contributed by atoms with Crippen LogP contribution in [0.1, 0.15) is 33.1 Å². The van der Waals surface area contributed by atoms with Gasteiger partial charge in [-0.1, -0.05) is 38.2 Å². The summed E-state index contributed by atoms with van der Waals surface area (Å²) >= 11 is 0. The van der Waals surface area contributed by atoms with Crippen LogP contribution in [-0.4, -0.2) is 36.8 Å². The first-order valence-electron chi connectivity index (χ1n) is 11.7. The number of aromatic nitrogens is 2. The third kappa shape index (κ3) is 5.04. The molecule has 0 unspecified atom stereocenters. The highest BCUT2D eigenvalue weighted by molar-refractivity contribution is 7.89. The number of fused-ring (bicyclic) bond motifs is 1. The molecule has 0 atom stereocenters. The molecular weight excluding hydrogens is 471 g/mol. The predicted molar refractivity (Wildman–Crippen MR) is 135 cm³/mol. The fourth-order valence-electron chi connectivity index (χ4n) is 4.26. The van der Waals surface area contributed by atoms with Crippen molar-refractivity contribution in [2.24, 2.45) is 5.92 Å². The van der Waals surface area contributed by atoms with Crippen LogP contribution in [0, 0.1) is 5.92 Å². The lowest BCUT2D eigenvalue weighted by atomic mass is 10.1. The molecule has 1 aromatic carbocycles. The van der Waals surface area contributed by atoms with E-state index in [4.69, 9.17) is 0 Å². The molecule has 2 N–H and O–H groups in total. The molecule has 10 heteroatoms. The summed E-state index contributed by atoms with van der Waals surface area (Å²) in [6.45, 7) is 3.54. The molecule has 2 aliphatic carbocycles. The summed E-state index contributed by atoms with van der Waals surface area (Å²) in [5.41, 5.74) is -0.0265. The van der Waals surface area contributed by atoms with E-state index in [0.29, 0.717) is 31.3 Å². The molecular formula is C25H31FN4O4S. The SMILES string of the molecule is CNC1=C(Cn2c(=O)c3cc(S(=O)(=O)NC4(CF)CC4)ccc3n(CC(C)C)c2=O)C=CC=CC1. The highest BCUT2D eigenvalue weighted by atomic mass is 32.2. The maximum absolute atomic E-state index is 13.6. The van der Waals surface area contributed by atoms with Crippen molar-refractivity contribution >= 4 is 20.9 Å². The van der Waals surface area contributed by atoms with Crippen LogP contribution in [0.2, 0.25) is 0 Å². The molecule has 188 valence electrons. The van der Waals surface area contributed by atoms with Crippen molar-refractivity contribution in [2.75, 3.05) is 13.7 Å². The van der Waals surface area contributed by atoms with Crippen molar-refractivity contribution in [3.05, 3.63) is 74.6 Å². The standard InChI is InChI=1S/C25H31FN4O4S/c1-17(2)14-29-22-10-9-19(35(33,34)28-25(16-26)11-12-25)13-20(22)23(31)30(24(29)32)15-18-7-5-4-6-8-21(18)27-3/h4-7,9-10,13,17,27-28H,8,11-12,14-16H2,1-3H3. The van der Waals surface area contributed by atoms with Gasteiger partial charge in [0.1, 0.15) is 6.67 Å². The first kappa shape index (κ1) is 25.1. The molecule has 0 amide bonds. The first-order chi connectivity index (χ1) is 16.6. The molecule has 0 radical (unpaired) electrons. The second-order valence-corrected chi connectivity index (χ2v) is 11.3. The number of hydrogen-bond donors (Lipinski definition) is 2. The molecule has 0 bridgehead atoms. The molecule has 2 aliphatic rings. The number of nitrogens with one attached hydrogen (secondary N) is 2. The minimum atomic E-state index is -4.04. The average molecular weight is 503 g/mol. The number of halogens is 1. The van der Waals surface area contributed by atoms with Gasteiger partial charge in [0.2, 0.25) is 10.0 Å². The Kier molecular flexibility index (Phi) is 6.88. The lowest BCUT2D eigenvalue weighted by Crippen LogP contribution is -2.41. The van der Waals surface area contributed by atoms with Crippen LogP contribution in [0.5, 0.6) is 0 Å². The number of sulfonamides is 1. The van der Waals surface area contributed by atoms with Gasteiger partial charge in [-0.05, 0) is 42.5 Å². The number of hydrogen-bond acceptors (Lipinski definition) is 5. The Hall–Kier alpha value is -2.98. The molecule has 35 heavy (non-hydrogen) atoms. The van der Waals surface area contributed by atoms with Crippen molar-refractivity contribution < 1.29 is 12.8 Å². The van der Waals surface area contributed by atoms with E-state index in [-0.39, 0.29) is 22.7 Å². The van der Waals surface area contributed by atoms with E-state index >= 15 is 0 Å². The van der Waals surface area contributed by atoms with E-state index in [0.717, 1.165) is 15.8 Å². The van der Waals surface area contributed by atoms with Gasteiger partial charge in [0.05, 0.1) is 27.9 Å². The van der Waals surface area contributed by atoms with Gasteiger partial charge in [0.15, 0.2) is 0 Å². The predicted octanol–water partition coefficient (Wildman–Crippen LogP) is 2.59. The normalized spacial score (nSPS) is 17.3. The van der Waals surface area contributed by atoms with Crippen LogP contribution in [0.25, 0.3) is 10.9 Å². The minimum Gasteiger partial charge on any atom is -0.391 e. The van der Waals surface area contributed by atoms with Gasteiger partial charge in [-0.15, -0.1) is 0 Å². The lowest BCUT2D eigenvalue weighted by Gasteiger charge is -2.18. The Morgan fingerprint density at radius 3 is 2.51 bits per heavy atom.